The molecule has 3 heteroatoms. The number of benzene rings is 1. The molecule has 20 heavy (non-hydrogen) atoms. The molecule has 0 saturated heterocycles. The lowest BCUT2D eigenvalue weighted by molar-refractivity contribution is 0.0601. The maximum Gasteiger partial charge on any atom is 0.337 e. The van der Waals surface area contributed by atoms with Gasteiger partial charge in [-0.25, -0.2) is 4.79 Å². The average Bonchev–Trinajstić information content (AvgIpc) is 2.41. The second-order valence-corrected chi connectivity index (χ2v) is 6.71. The molecule has 110 valence electrons. The lowest BCUT2D eigenvalue weighted by Gasteiger charge is -2.40. The van der Waals surface area contributed by atoms with Crippen molar-refractivity contribution in [2.24, 2.45) is 11.3 Å². The summed E-state index contributed by atoms with van der Waals surface area (Å²) in [5.74, 6) is 0.354. The van der Waals surface area contributed by atoms with E-state index in [9.17, 15) is 4.79 Å². The fourth-order valence-electron chi connectivity index (χ4n) is 3.23. The Balaban J connectivity index is 2.05. The Morgan fingerprint density at radius 2 is 2.15 bits per heavy atom. The van der Waals surface area contributed by atoms with Crippen LogP contribution in [0.5, 0.6) is 0 Å². The van der Waals surface area contributed by atoms with E-state index in [4.69, 9.17) is 4.74 Å². The Kier molecular flexibility index (Phi) is 4.36. The summed E-state index contributed by atoms with van der Waals surface area (Å²) in [6.45, 7) is 7.00. The van der Waals surface area contributed by atoms with E-state index in [0.717, 1.165) is 5.69 Å². The molecule has 2 unspecified atom stereocenters. The van der Waals surface area contributed by atoms with Gasteiger partial charge >= 0.3 is 5.97 Å². The van der Waals surface area contributed by atoms with Crippen molar-refractivity contribution in [3.63, 3.8) is 0 Å². The first-order valence-corrected chi connectivity index (χ1v) is 7.36. The summed E-state index contributed by atoms with van der Waals surface area (Å²) in [6.07, 6.45) is 3.66. The van der Waals surface area contributed by atoms with E-state index in [2.05, 4.69) is 26.1 Å². The van der Waals surface area contributed by atoms with Gasteiger partial charge in [-0.1, -0.05) is 26.8 Å². The molecule has 0 heterocycles. The second-order valence-electron chi connectivity index (χ2n) is 6.71. The first-order valence-electron chi connectivity index (χ1n) is 7.36. The summed E-state index contributed by atoms with van der Waals surface area (Å²) in [6, 6.07) is 8.05. The molecule has 1 N–H and O–H groups in total. The largest absolute Gasteiger partial charge is 0.465 e. The standard InChI is InChI=1S/C17H25NO2/c1-12-11-17(2,3)9-8-15(12)18-14-7-5-6-13(10-14)16(19)20-4/h5-7,10,12,15,18H,8-9,11H2,1-4H3. The van der Waals surface area contributed by atoms with Crippen molar-refractivity contribution in [2.75, 3.05) is 12.4 Å². The monoisotopic (exact) mass is 275 g/mol. The zero-order valence-electron chi connectivity index (χ0n) is 12.9. The molecule has 1 aromatic rings. The zero-order valence-corrected chi connectivity index (χ0v) is 12.9. The fourth-order valence-corrected chi connectivity index (χ4v) is 3.23. The highest BCUT2D eigenvalue weighted by atomic mass is 16.5. The van der Waals surface area contributed by atoms with Crippen LogP contribution >= 0.6 is 0 Å². The molecule has 0 bridgehead atoms. The lowest BCUT2D eigenvalue weighted by atomic mass is 9.70. The third kappa shape index (κ3) is 3.53. The van der Waals surface area contributed by atoms with Gasteiger partial charge in [-0.2, -0.15) is 0 Å². The fraction of sp³-hybridized carbons (Fsp3) is 0.588. The number of rotatable bonds is 3. The molecule has 1 aliphatic rings. The third-order valence-electron chi connectivity index (χ3n) is 4.33. The van der Waals surface area contributed by atoms with Gasteiger partial charge in [0.25, 0.3) is 0 Å². The Hall–Kier alpha value is -1.51. The predicted octanol–water partition coefficient (Wildman–Crippen LogP) is 4.10. The maximum absolute atomic E-state index is 11.6. The number of carbonyl (C=O) groups is 1. The minimum Gasteiger partial charge on any atom is -0.465 e. The summed E-state index contributed by atoms with van der Waals surface area (Å²) in [5.41, 5.74) is 2.05. The van der Waals surface area contributed by atoms with Crippen LogP contribution in [-0.2, 0) is 4.74 Å². The predicted molar refractivity (Wildman–Crippen MR) is 82.0 cm³/mol. The summed E-state index contributed by atoms with van der Waals surface area (Å²) >= 11 is 0. The van der Waals surface area contributed by atoms with Crippen LogP contribution in [0.15, 0.2) is 24.3 Å². The Labute approximate surface area is 121 Å². The van der Waals surface area contributed by atoms with Gasteiger partial charge < -0.3 is 10.1 Å². The van der Waals surface area contributed by atoms with Crippen LogP contribution < -0.4 is 5.32 Å². The number of methoxy groups -OCH3 is 1. The van der Waals surface area contributed by atoms with Gasteiger partial charge in [0, 0.05) is 11.7 Å². The van der Waals surface area contributed by atoms with Crippen LogP contribution in [0.2, 0.25) is 0 Å². The number of ether oxygens (including phenoxy) is 1. The summed E-state index contributed by atoms with van der Waals surface area (Å²) in [4.78, 5) is 11.6. The number of carbonyl (C=O) groups excluding carboxylic acids is 1. The van der Waals surface area contributed by atoms with E-state index in [1.165, 1.54) is 26.4 Å². The number of hydrogen-bond acceptors (Lipinski definition) is 3. The van der Waals surface area contributed by atoms with Crippen molar-refractivity contribution in [1.82, 2.24) is 0 Å². The lowest BCUT2D eigenvalue weighted by Crippen LogP contribution is -2.36. The number of hydrogen-bond donors (Lipinski definition) is 1. The first kappa shape index (κ1) is 14.9. The highest BCUT2D eigenvalue weighted by Gasteiger charge is 2.32. The molecule has 1 aliphatic carbocycles. The number of anilines is 1. The Morgan fingerprint density at radius 3 is 2.80 bits per heavy atom. The van der Waals surface area contributed by atoms with Crippen molar-refractivity contribution in [3.05, 3.63) is 29.8 Å². The average molecular weight is 275 g/mol. The van der Waals surface area contributed by atoms with Crippen molar-refractivity contribution in [3.8, 4) is 0 Å². The normalized spacial score (nSPS) is 25.0. The second kappa shape index (κ2) is 5.86. The van der Waals surface area contributed by atoms with Crippen molar-refractivity contribution in [2.45, 2.75) is 46.1 Å². The smallest absolute Gasteiger partial charge is 0.337 e. The molecule has 2 rings (SSSR count). The molecule has 1 fully saturated rings. The van der Waals surface area contributed by atoms with Crippen LogP contribution in [0, 0.1) is 11.3 Å². The van der Waals surface area contributed by atoms with Gasteiger partial charge in [0.1, 0.15) is 0 Å². The SMILES string of the molecule is COC(=O)c1cccc(NC2CCC(C)(C)CC2C)c1. The van der Waals surface area contributed by atoms with Gasteiger partial charge in [0.15, 0.2) is 0 Å². The third-order valence-corrected chi connectivity index (χ3v) is 4.33. The zero-order chi connectivity index (χ0) is 14.8. The Bertz CT molecular complexity index is 482. The van der Waals surface area contributed by atoms with Crippen LogP contribution in [0.4, 0.5) is 5.69 Å². The molecule has 0 amide bonds. The van der Waals surface area contributed by atoms with E-state index >= 15 is 0 Å². The van der Waals surface area contributed by atoms with E-state index in [1.807, 2.05) is 18.2 Å². The highest BCUT2D eigenvalue weighted by Crippen LogP contribution is 2.39. The molecular weight excluding hydrogens is 250 g/mol. The van der Waals surface area contributed by atoms with Crippen LogP contribution in [0.25, 0.3) is 0 Å². The minimum absolute atomic E-state index is 0.286. The van der Waals surface area contributed by atoms with Crippen molar-refractivity contribution >= 4 is 11.7 Å². The van der Waals surface area contributed by atoms with Gasteiger partial charge in [-0.05, 0) is 48.8 Å². The molecule has 0 aliphatic heterocycles. The van der Waals surface area contributed by atoms with E-state index in [-0.39, 0.29) is 5.97 Å². The molecule has 2 atom stereocenters. The molecule has 1 aromatic carbocycles. The quantitative estimate of drug-likeness (QED) is 0.844. The minimum atomic E-state index is -0.286. The maximum atomic E-state index is 11.6. The number of esters is 1. The van der Waals surface area contributed by atoms with Crippen LogP contribution in [0.1, 0.15) is 50.4 Å². The first-order chi connectivity index (χ1) is 9.41. The Morgan fingerprint density at radius 1 is 1.40 bits per heavy atom. The van der Waals surface area contributed by atoms with Gasteiger partial charge in [-0.15, -0.1) is 0 Å². The highest BCUT2D eigenvalue weighted by molar-refractivity contribution is 5.90. The van der Waals surface area contributed by atoms with Crippen LogP contribution in [0.3, 0.4) is 0 Å². The van der Waals surface area contributed by atoms with Crippen LogP contribution in [-0.4, -0.2) is 19.1 Å². The molecule has 1 saturated carbocycles. The molecule has 0 radical (unpaired) electrons. The van der Waals surface area contributed by atoms with Gasteiger partial charge in [-0.3, -0.25) is 0 Å². The summed E-state index contributed by atoms with van der Waals surface area (Å²) in [5, 5.41) is 3.58. The number of nitrogens with one attached hydrogen (secondary N) is 1. The van der Waals surface area contributed by atoms with E-state index in [0.29, 0.717) is 22.9 Å². The molecule has 3 nitrogen and oxygen atoms in total. The van der Waals surface area contributed by atoms with Gasteiger partial charge in [0.2, 0.25) is 0 Å². The molecular formula is C17H25NO2. The molecule has 0 aromatic heterocycles. The summed E-state index contributed by atoms with van der Waals surface area (Å²) < 4.78 is 4.76. The van der Waals surface area contributed by atoms with E-state index in [1.54, 1.807) is 6.07 Å². The van der Waals surface area contributed by atoms with E-state index < -0.39 is 0 Å². The molecule has 0 spiro atoms. The van der Waals surface area contributed by atoms with Crippen molar-refractivity contribution in [1.29, 1.82) is 0 Å². The van der Waals surface area contributed by atoms with Gasteiger partial charge in [0.05, 0.1) is 12.7 Å². The summed E-state index contributed by atoms with van der Waals surface area (Å²) in [7, 11) is 1.41. The topological polar surface area (TPSA) is 38.3 Å². The van der Waals surface area contributed by atoms with Crippen molar-refractivity contribution < 1.29 is 9.53 Å².